The molecule has 0 saturated carbocycles. The number of aromatic nitrogens is 4. The van der Waals surface area contributed by atoms with Crippen LogP contribution in [0.4, 0.5) is 0 Å². The number of amides is 1. The Kier molecular flexibility index (Phi) is 5.90. The van der Waals surface area contributed by atoms with Gasteiger partial charge in [0.05, 0.1) is 23.9 Å². The Bertz CT molecular complexity index is 948. The van der Waals surface area contributed by atoms with Gasteiger partial charge in [0.1, 0.15) is 4.90 Å². The van der Waals surface area contributed by atoms with Gasteiger partial charge in [0.25, 0.3) is 0 Å². The number of piperidine rings is 1. The topological polar surface area (TPSA) is 102 Å². The normalized spacial score (nSPS) is 19.5. The van der Waals surface area contributed by atoms with Crippen molar-refractivity contribution in [3.05, 3.63) is 29.8 Å². The number of rotatable bonds is 6. The molecule has 10 heteroatoms. The van der Waals surface area contributed by atoms with Gasteiger partial charge in [-0.05, 0) is 33.6 Å². The van der Waals surface area contributed by atoms with Crippen LogP contribution in [0.25, 0.3) is 0 Å². The lowest BCUT2D eigenvalue weighted by molar-refractivity contribution is -0.126. The fraction of sp³-hybridized carbons (Fsp3) is 0.611. The molecule has 2 atom stereocenters. The first-order chi connectivity index (χ1) is 13.2. The van der Waals surface area contributed by atoms with E-state index >= 15 is 0 Å². The van der Waals surface area contributed by atoms with Gasteiger partial charge in [0.2, 0.25) is 15.9 Å². The molecule has 1 N–H and O–H groups in total. The van der Waals surface area contributed by atoms with Crippen molar-refractivity contribution in [2.45, 2.75) is 51.1 Å². The maximum Gasteiger partial charge on any atom is 0.246 e. The second-order valence-electron chi connectivity index (χ2n) is 7.31. The highest BCUT2D eigenvalue weighted by Crippen LogP contribution is 2.25. The second-order valence-corrected chi connectivity index (χ2v) is 9.25. The summed E-state index contributed by atoms with van der Waals surface area (Å²) in [6.45, 7) is 7.23. The van der Waals surface area contributed by atoms with Gasteiger partial charge >= 0.3 is 0 Å². The molecule has 1 fully saturated rings. The molecule has 3 rings (SSSR count). The van der Waals surface area contributed by atoms with Crippen molar-refractivity contribution in [2.75, 3.05) is 13.1 Å². The summed E-state index contributed by atoms with van der Waals surface area (Å²) in [4.78, 5) is 13.0. The van der Waals surface area contributed by atoms with Crippen LogP contribution in [0.3, 0.4) is 0 Å². The van der Waals surface area contributed by atoms with Crippen molar-refractivity contribution in [1.82, 2.24) is 29.2 Å². The monoisotopic (exact) mass is 408 g/mol. The van der Waals surface area contributed by atoms with Gasteiger partial charge in [0.15, 0.2) is 0 Å². The van der Waals surface area contributed by atoms with E-state index in [0.717, 1.165) is 17.8 Å². The first kappa shape index (κ1) is 20.5. The van der Waals surface area contributed by atoms with Crippen LogP contribution >= 0.6 is 0 Å². The van der Waals surface area contributed by atoms with Crippen molar-refractivity contribution in [2.24, 2.45) is 13.0 Å². The summed E-state index contributed by atoms with van der Waals surface area (Å²) in [7, 11) is -1.96. The highest BCUT2D eigenvalue weighted by atomic mass is 32.2. The summed E-state index contributed by atoms with van der Waals surface area (Å²) < 4.78 is 30.3. The number of carbonyl (C=O) groups excluding carboxylic acids is 1. The average Bonchev–Trinajstić information content (AvgIpc) is 3.27. The molecule has 0 unspecified atom stereocenters. The SMILES string of the molecule is CCn1cc([C@H](C)NC(=O)[C@@H]2CCCN(S(=O)(=O)c3cnn(C)c3)C2)c(C)n1. The van der Waals surface area contributed by atoms with Crippen LogP contribution in [-0.2, 0) is 28.4 Å². The third-order valence-corrected chi connectivity index (χ3v) is 7.03. The third-order valence-electron chi connectivity index (χ3n) is 5.21. The molecule has 9 nitrogen and oxygen atoms in total. The zero-order valence-electron chi connectivity index (χ0n) is 16.8. The maximum absolute atomic E-state index is 12.8. The summed E-state index contributed by atoms with van der Waals surface area (Å²) in [5.41, 5.74) is 1.87. The smallest absolute Gasteiger partial charge is 0.246 e. The van der Waals surface area contributed by atoms with Crippen LogP contribution in [0.1, 0.15) is 44.0 Å². The van der Waals surface area contributed by atoms with Crippen molar-refractivity contribution in [3.63, 3.8) is 0 Å². The van der Waals surface area contributed by atoms with E-state index in [0.29, 0.717) is 19.4 Å². The molecule has 1 aliphatic heterocycles. The number of hydrogen-bond donors (Lipinski definition) is 1. The highest BCUT2D eigenvalue weighted by Gasteiger charge is 2.34. The Morgan fingerprint density at radius 2 is 2.14 bits per heavy atom. The standard InChI is InChI=1S/C18H28N6O3S/c1-5-23-12-17(14(3)21-23)13(2)20-18(25)15-7-6-8-24(10-15)28(26,27)16-9-19-22(4)11-16/h9,11-13,15H,5-8,10H2,1-4H3,(H,20,25)/t13-,15+/m0/s1. The first-order valence-electron chi connectivity index (χ1n) is 9.55. The summed E-state index contributed by atoms with van der Waals surface area (Å²) in [6.07, 6.45) is 6.09. The van der Waals surface area contributed by atoms with Gasteiger partial charge < -0.3 is 5.32 Å². The first-order valence-corrected chi connectivity index (χ1v) is 11.0. The van der Waals surface area contributed by atoms with Crippen LogP contribution in [-0.4, -0.2) is 51.3 Å². The van der Waals surface area contributed by atoms with E-state index < -0.39 is 10.0 Å². The zero-order valence-corrected chi connectivity index (χ0v) is 17.6. The highest BCUT2D eigenvalue weighted by molar-refractivity contribution is 7.89. The Balaban J connectivity index is 1.68. The van der Waals surface area contributed by atoms with Crippen molar-refractivity contribution in [3.8, 4) is 0 Å². The van der Waals surface area contributed by atoms with E-state index in [1.165, 1.54) is 21.4 Å². The molecule has 1 aliphatic rings. The van der Waals surface area contributed by atoms with Crippen LogP contribution in [0, 0.1) is 12.8 Å². The van der Waals surface area contributed by atoms with E-state index in [1.54, 1.807) is 7.05 Å². The van der Waals surface area contributed by atoms with E-state index in [1.807, 2.05) is 31.6 Å². The van der Waals surface area contributed by atoms with Crippen molar-refractivity contribution in [1.29, 1.82) is 0 Å². The second kappa shape index (κ2) is 8.04. The van der Waals surface area contributed by atoms with Gasteiger partial charge in [-0.15, -0.1) is 0 Å². The zero-order chi connectivity index (χ0) is 20.5. The number of hydrogen-bond acceptors (Lipinski definition) is 5. The van der Waals surface area contributed by atoms with Crippen LogP contribution in [0.5, 0.6) is 0 Å². The fourth-order valence-corrected chi connectivity index (χ4v) is 5.10. The summed E-state index contributed by atoms with van der Waals surface area (Å²) in [5.74, 6) is -0.494. The van der Waals surface area contributed by atoms with E-state index in [4.69, 9.17) is 0 Å². The summed E-state index contributed by atoms with van der Waals surface area (Å²) in [6, 6.07) is -0.182. The molecule has 2 aromatic heterocycles. The molecule has 3 heterocycles. The minimum absolute atomic E-state index is 0.123. The van der Waals surface area contributed by atoms with Crippen molar-refractivity contribution >= 4 is 15.9 Å². The van der Waals surface area contributed by atoms with Gasteiger partial charge in [-0.25, -0.2) is 8.42 Å². The lowest BCUT2D eigenvalue weighted by Crippen LogP contribution is -2.45. The Morgan fingerprint density at radius 3 is 2.75 bits per heavy atom. The van der Waals surface area contributed by atoms with Crippen LogP contribution < -0.4 is 5.32 Å². The Hall–Kier alpha value is -2.20. The van der Waals surface area contributed by atoms with E-state index in [9.17, 15) is 13.2 Å². The maximum atomic E-state index is 12.8. The van der Waals surface area contributed by atoms with Crippen LogP contribution in [0.2, 0.25) is 0 Å². The van der Waals surface area contributed by atoms with Crippen molar-refractivity contribution < 1.29 is 13.2 Å². The largest absolute Gasteiger partial charge is 0.349 e. The van der Waals surface area contributed by atoms with E-state index in [2.05, 4.69) is 15.5 Å². The molecule has 1 saturated heterocycles. The number of sulfonamides is 1. The fourth-order valence-electron chi connectivity index (χ4n) is 3.59. The van der Waals surface area contributed by atoms with Gasteiger partial charge in [0, 0.05) is 44.6 Å². The predicted octanol–water partition coefficient (Wildman–Crippen LogP) is 1.22. The number of nitrogens with zero attached hydrogens (tertiary/aromatic N) is 5. The summed E-state index contributed by atoms with van der Waals surface area (Å²) in [5, 5.41) is 11.4. The average molecular weight is 409 g/mol. The molecule has 0 aliphatic carbocycles. The molecule has 0 radical (unpaired) electrons. The third kappa shape index (κ3) is 4.12. The van der Waals surface area contributed by atoms with Gasteiger partial charge in [-0.3, -0.25) is 14.2 Å². The van der Waals surface area contributed by atoms with Crippen LogP contribution in [0.15, 0.2) is 23.5 Å². The number of nitrogens with one attached hydrogen (secondary N) is 1. The minimum atomic E-state index is -3.64. The van der Waals surface area contributed by atoms with E-state index in [-0.39, 0.29) is 29.3 Å². The molecule has 154 valence electrons. The predicted molar refractivity (Wildman–Crippen MR) is 104 cm³/mol. The molecule has 28 heavy (non-hydrogen) atoms. The quantitative estimate of drug-likeness (QED) is 0.774. The Morgan fingerprint density at radius 1 is 1.39 bits per heavy atom. The molecular weight excluding hydrogens is 380 g/mol. The number of carbonyl (C=O) groups is 1. The molecule has 1 amide bonds. The lowest BCUT2D eigenvalue weighted by atomic mass is 9.98. The molecule has 0 bridgehead atoms. The van der Waals surface area contributed by atoms with Gasteiger partial charge in [-0.1, -0.05) is 0 Å². The molecule has 0 spiro atoms. The summed E-state index contributed by atoms with van der Waals surface area (Å²) >= 11 is 0. The van der Waals surface area contributed by atoms with Gasteiger partial charge in [-0.2, -0.15) is 14.5 Å². The number of aryl methyl sites for hydroxylation is 3. The molecular formula is C18H28N6O3S. The lowest BCUT2D eigenvalue weighted by Gasteiger charge is -2.31. The Labute approximate surface area is 165 Å². The molecule has 0 aromatic carbocycles. The molecule has 2 aromatic rings. The minimum Gasteiger partial charge on any atom is -0.349 e.